The van der Waals surface area contributed by atoms with E-state index >= 15 is 0 Å². The number of nitro groups is 1. The van der Waals surface area contributed by atoms with Crippen LogP contribution in [0.25, 0.3) is 0 Å². The van der Waals surface area contributed by atoms with E-state index in [9.17, 15) is 15.2 Å². The van der Waals surface area contributed by atoms with Crippen molar-refractivity contribution in [2.24, 2.45) is 0 Å². The number of rotatable bonds is 13. The van der Waals surface area contributed by atoms with E-state index in [1.54, 1.807) is 43.5 Å². The first-order chi connectivity index (χ1) is 19.4. The van der Waals surface area contributed by atoms with Gasteiger partial charge in [0.05, 0.1) is 24.0 Å². The fraction of sp³-hybridized carbons (Fsp3) is 0.250. The Morgan fingerprint density at radius 3 is 2.25 bits per heavy atom. The fourth-order valence-corrected chi connectivity index (χ4v) is 4.87. The summed E-state index contributed by atoms with van der Waals surface area (Å²) in [6, 6.07) is 29.6. The van der Waals surface area contributed by atoms with Crippen LogP contribution in [-0.4, -0.2) is 34.6 Å². The monoisotopic (exact) mass is 560 g/mol. The number of hydrogen-bond acceptors (Lipinski definition) is 6. The zero-order chi connectivity index (χ0) is 28.5. The number of para-hydroxylation sites is 1. The summed E-state index contributed by atoms with van der Waals surface area (Å²) in [4.78, 5) is 13.6. The van der Waals surface area contributed by atoms with E-state index in [1.165, 1.54) is 6.07 Å². The molecular formula is C32H33ClN2O5. The first-order valence-corrected chi connectivity index (χ1v) is 13.6. The summed E-state index contributed by atoms with van der Waals surface area (Å²) < 4.78 is 11.2. The molecule has 2 atom stereocenters. The van der Waals surface area contributed by atoms with Crippen LogP contribution in [-0.2, 0) is 18.8 Å². The highest BCUT2D eigenvalue weighted by Gasteiger charge is 2.24. The molecule has 208 valence electrons. The number of aliphatic hydroxyl groups is 1. The summed E-state index contributed by atoms with van der Waals surface area (Å²) in [6.07, 6.45) is -0.234. The van der Waals surface area contributed by atoms with Crippen LogP contribution in [0.1, 0.15) is 35.3 Å². The third kappa shape index (κ3) is 7.60. The van der Waals surface area contributed by atoms with E-state index in [1.807, 2.05) is 54.6 Å². The Hall–Kier alpha value is -3.91. The number of ether oxygens (including phenoxy) is 2. The van der Waals surface area contributed by atoms with Crippen LogP contribution in [0.3, 0.4) is 0 Å². The number of benzene rings is 4. The van der Waals surface area contributed by atoms with Crippen LogP contribution < -0.4 is 9.47 Å². The number of nitrogens with zero attached hydrogens (tertiary/aromatic N) is 2. The zero-order valence-corrected chi connectivity index (χ0v) is 23.3. The van der Waals surface area contributed by atoms with Crippen molar-refractivity contribution in [1.82, 2.24) is 4.90 Å². The van der Waals surface area contributed by atoms with Crippen LogP contribution in [0.5, 0.6) is 17.2 Å². The molecule has 0 aliphatic rings. The van der Waals surface area contributed by atoms with Crippen molar-refractivity contribution in [2.75, 3.05) is 13.7 Å². The maximum atomic E-state index is 11.9. The average Bonchev–Trinajstić information content (AvgIpc) is 2.97. The molecule has 40 heavy (non-hydrogen) atoms. The molecule has 2 unspecified atom stereocenters. The highest BCUT2D eigenvalue weighted by molar-refractivity contribution is 6.17. The van der Waals surface area contributed by atoms with Gasteiger partial charge in [-0.25, -0.2) is 0 Å². The zero-order valence-electron chi connectivity index (χ0n) is 22.6. The average molecular weight is 561 g/mol. The molecule has 0 aromatic heterocycles. The van der Waals surface area contributed by atoms with Crippen molar-refractivity contribution in [2.45, 2.75) is 37.9 Å². The molecule has 4 rings (SSSR count). The lowest BCUT2D eigenvalue weighted by atomic mass is 10.0. The lowest BCUT2D eigenvalue weighted by molar-refractivity contribution is -0.385. The van der Waals surface area contributed by atoms with Crippen molar-refractivity contribution < 1.29 is 19.5 Å². The predicted molar refractivity (Wildman–Crippen MR) is 157 cm³/mol. The minimum Gasteiger partial charge on any atom is -0.496 e. The van der Waals surface area contributed by atoms with Gasteiger partial charge in [-0.1, -0.05) is 66.7 Å². The standard InChI is InChI=1S/C32H33ClN2O5/c1-23(17-25-13-15-31(39-2)27(18-25)20-33)34(21-24-9-5-3-6-10-24)22-30(36)26-14-16-32(29(19-26)35(37)38)40-28-11-7-4-8-12-28/h3-16,18-19,23,30,36H,17,20-22H2,1-2H3. The molecule has 0 spiro atoms. The first-order valence-electron chi connectivity index (χ1n) is 13.1. The van der Waals surface area contributed by atoms with Crippen molar-refractivity contribution in [3.8, 4) is 17.2 Å². The van der Waals surface area contributed by atoms with E-state index in [4.69, 9.17) is 21.1 Å². The van der Waals surface area contributed by atoms with Crippen molar-refractivity contribution in [1.29, 1.82) is 0 Å². The quantitative estimate of drug-likeness (QED) is 0.105. The van der Waals surface area contributed by atoms with Gasteiger partial charge >= 0.3 is 5.69 Å². The smallest absolute Gasteiger partial charge is 0.311 e. The van der Waals surface area contributed by atoms with Gasteiger partial charge in [-0.2, -0.15) is 0 Å². The molecule has 4 aromatic rings. The largest absolute Gasteiger partial charge is 0.496 e. The highest BCUT2D eigenvalue weighted by Crippen LogP contribution is 2.34. The third-order valence-corrected chi connectivity index (χ3v) is 7.10. The Kier molecular flexibility index (Phi) is 10.1. The molecule has 0 aliphatic carbocycles. The van der Waals surface area contributed by atoms with E-state index in [2.05, 4.69) is 11.8 Å². The lowest BCUT2D eigenvalue weighted by Crippen LogP contribution is -2.37. The van der Waals surface area contributed by atoms with Gasteiger partial charge < -0.3 is 14.6 Å². The molecule has 0 fully saturated rings. The Labute approximate surface area is 239 Å². The van der Waals surface area contributed by atoms with Gasteiger partial charge in [0, 0.05) is 30.8 Å². The van der Waals surface area contributed by atoms with E-state index in [0.29, 0.717) is 23.7 Å². The van der Waals surface area contributed by atoms with Gasteiger partial charge in [-0.3, -0.25) is 15.0 Å². The summed E-state index contributed by atoms with van der Waals surface area (Å²) in [7, 11) is 1.63. The van der Waals surface area contributed by atoms with Crippen LogP contribution >= 0.6 is 11.6 Å². The maximum absolute atomic E-state index is 11.9. The Morgan fingerprint density at radius 2 is 1.60 bits per heavy atom. The Balaban J connectivity index is 1.56. The van der Waals surface area contributed by atoms with Crippen LogP contribution in [0, 0.1) is 10.1 Å². The van der Waals surface area contributed by atoms with Gasteiger partial charge in [0.1, 0.15) is 11.5 Å². The van der Waals surface area contributed by atoms with Gasteiger partial charge in [0.2, 0.25) is 5.75 Å². The number of aliphatic hydroxyl groups excluding tert-OH is 1. The van der Waals surface area contributed by atoms with E-state index in [0.717, 1.165) is 28.9 Å². The van der Waals surface area contributed by atoms with Gasteiger partial charge in [0.15, 0.2) is 0 Å². The van der Waals surface area contributed by atoms with Crippen molar-refractivity contribution in [3.63, 3.8) is 0 Å². The maximum Gasteiger partial charge on any atom is 0.311 e. The predicted octanol–water partition coefficient (Wildman–Crippen LogP) is 7.30. The van der Waals surface area contributed by atoms with Crippen molar-refractivity contribution >= 4 is 17.3 Å². The summed E-state index contributed by atoms with van der Waals surface area (Å²) in [6.45, 7) is 3.00. The second kappa shape index (κ2) is 13.9. The lowest BCUT2D eigenvalue weighted by Gasteiger charge is -2.31. The Morgan fingerprint density at radius 1 is 0.925 bits per heavy atom. The number of nitro benzene ring substituents is 1. The molecule has 0 amide bonds. The normalized spacial score (nSPS) is 12.6. The van der Waals surface area contributed by atoms with Gasteiger partial charge in [0.25, 0.3) is 0 Å². The molecule has 0 heterocycles. The van der Waals surface area contributed by atoms with Crippen LogP contribution in [0.2, 0.25) is 0 Å². The second-order valence-corrected chi connectivity index (χ2v) is 9.93. The molecule has 1 N–H and O–H groups in total. The van der Waals surface area contributed by atoms with Gasteiger partial charge in [-0.15, -0.1) is 11.6 Å². The van der Waals surface area contributed by atoms with Crippen molar-refractivity contribution in [3.05, 3.63) is 129 Å². The number of methoxy groups -OCH3 is 1. The fourth-order valence-electron chi connectivity index (χ4n) is 4.67. The van der Waals surface area contributed by atoms with E-state index < -0.39 is 11.0 Å². The summed E-state index contributed by atoms with van der Waals surface area (Å²) in [5.41, 5.74) is 3.39. The molecule has 0 bridgehead atoms. The SMILES string of the molecule is COc1ccc(CC(C)N(Cc2ccccc2)CC(O)c2ccc(Oc3ccccc3)c([N+](=O)[O-])c2)cc1CCl. The third-order valence-electron chi connectivity index (χ3n) is 6.81. The first kappa shape index (κ1) is 29.1. The summed E-state index contributed by atoms with van der Waals surface area (Å²) in [5, 5.41) is 23.2. The van der Waals surface area contributed by atoms with Crippen LogP contribution in [0.4, 0.5) is 5.69 Å². The minimum atomic E-state index is -0.954. The van der Waals surface area contributed by atoms with Gasteiger partial charge in [-0.05, 0) is 54.3 Å². The molecule has 4 aromatic carbocycles. The van der Waals surface area contributed by atoms with E-state index in [-0.39, 0.29) is 24.0 Å². The number of hydrogen-bond donors (Lipinski definition) is 1. The summed E-state index contributed by atoms with van der Waals surface area (Å²) >= 11 is 6.14. The minimum absolute atomic E-state index is 0.0436. The highest BCUT2D eigenvalue weighted by atomic mass is 35.5. The molecule has 0 aliphatic heterocycles. The number of alkyl halides is 1. The molecule has 8 heteroatoms. The topological polar surface area (TPSA) is 85.1 Å². The molecule has 0 radical (unpaired) electrons. The molecule has 7 nitrogen and oxygen atoms in total. The molecule has 0 saturated heterocycles. The second-order valence-electron chi connectivity index (χ2n) is 9.66. The van der Waals surface area contributed by atoms with Crippen LogP contribution in [0.15, 0.2) is 97.1 Å². The molecule has 0 saturated carbocycles. The molecular weight excluding hydrogens is 528 g/mol. The Bertz CT molecular complexity index is 1400. The summed E-state index contributed by atoms with van der Waals surface area (Å²) in [5.74, 6) is 1.72. The number of halogens is 1.